The summed E-state index contributed by atoms with van der Waals surface area (Å²) < 4.78 is 8.94. The lowest BCUT2D eigenvalue weighted by molar-refractivity contribution is 0.0527. The van der Waals surface area contributed by atoms with Crippen molar-refractivity contribution in [3.05, 3.63) is 11.3 Å². The van der Waals surface area contributed by atoms with Crippen molar-refractivity contribution < 1.29 is 14.3 Å². The third kappa shape index (κ3) is 3.42. The zero-order valence-corrected chi connectivity index (χ0v) is 10.8. The molecule has 0 fully saturated rings. The van der Waals surface area contributed by atoms with E-state index in [9.17, 15) is 9.59 Å². The van der Waals surface area contributed by atoms with Gasteiger partial charge in [0.05, 0.1) is 12.3 Å². The summed E-state index contributed by atoms with van der Waals surface area (Å²) in [5, 5.41) is 5.56. The zero-order chi connectivity index (χ0) is 12.8. The number of aromatic nitrogens is 1. The topological polar surface area (TPSA) is 80.3 Å². The van der Waals surface area contributed by atoms with Gasteiger partial charge in [0.15, 0.2) is 0 Å². The Balaban J connectivity index is 2.86. The molecule has 17 heavy (non-hydrogen) atoms. The first-order chi connectivity index (χ1) is 8.10. The fourth-order valence-electron chi connectivity index (χ4n) is 1.21. The normalized spacial score (nSPS) is 9.82. The number of rotatable bonds is 4. The Kier molecular flexibility index (Phi) is 4.89. The van der Waals surface area contributed by atoms with Crippen LogP contribution in [0.2, 0.25) is 0 Å². The van der Waals surface area contributed by atoms with E-state index in [1.165, 1.54) is 0 Å². The molecule has 0 aliphatic heterocycles. The minimum atomic E-state index is -0.467. The van der Waals surface area contributed by atoms with E-state index in [4.69, 9.17) is 4.74 Å². The second kappa shape index (κ2) is 6.19. The SMILES string of the molecule is CCNC(=O)Nc1snc(C)c1C(=O)OCC. The average molecular weight is 257 g/mol. The Labute approximate surface area is 104 Å². The van der Waals surface area contributed by atoms with Crippen LogP contribution >= 0.6 is 11.5 Å². The first-order valence-corrected chi connectivity index (χ1v) is 6.05. The number of hydrogen-bond acceptors (Lipinski definition) is 5. The van der Waals surface area contributed by atoms with Gasteiger partial charge in [-0.25, -0.2) is 9.59 Å². The number of nitrogens with one attached hydrogen (secondary N) is 2. The molecule has 6 nitrogen and oxygen atoms in total. The molecule has 0 unspecified atom stereocenters. The van der Waals surface area contributed by atoms with Gasteiger partial charge in [-0.3, -0.25) is 5.32 Å². The monoisotopic (exact) mass is 257 g/mol. The summed E-state index contributed by atoms with van der Waals surface area (Å²) in [6.07, 6.45) is 0. The third-order valence-electron chi connectivity index (χ3n) is 1.91. The van der Waals surface area contributed by atoms with Gasteiger partial charge in [0.2, 0.25) is 0 Å². The number of ether oxygens (including phenoxy) is 1. The Bertz CT molecular complexity index is 417. The summed E-state index contributed by atoms with van der Waals surface area (Å²) in [4.78, 5) is 23.0. The Morgan fingerprint density at radius 3 is 2.71 bits per heavy atom. The molecule has 0 saturated heterocycles. The molecule has 2 N–H and O–H groups in total. The lowest BCUT2D eigenvalue weighted by atomic mass is 10.2. The predicted molar refractivity (Wildman–Crippen MR) is 65.5 cm³/mol. The Hall–Kier alpha value is -1.63. The Morgan fingerprint density at radius 1 is 1.41 bits per heavy atom. The van der Waals surface area contributed by atoms with Gasteiger partial charge in [-0.05, 0) is 32.3 Å². The van der Waals surface area contributed by atoms with Gasteiger partial charge in [-0.1, -0.05) is 0 Å². The second-order valence-corrected chi connectivity index (χ2v) is 3.95. The molecule has 0 aromatic carbocycles. The van der Waals surface area contributed by atoms with E-state index in [0.29, 0.717) is 22.8 Å². The summed E-state index contributed by atoms with van der Waals surface area (Å²) in [5.41, 5.74) is 0.878. The molecule has 0 atom stereocenters. The maximum Gasteiger partial charge on any atom is 0.343 e. The van der Waals surface area contributed by atoms with Crippen LogP contribution in [0.15, 0.2) is 0 Å². The van der Waals surface area contributed by atoms with Gasteiger partial charge in [-0.2, -0.15) is 4.37 Å². The van der Waals surface area contributed by atoms with Crippen molar-refractivity contribution in [1.82, 2.24) is 9.69 Å². The summed E-state index contributed by atoms with van der Waals surface area (Å²) >= 11 is 1.06. The number of amides is 2. The molecule has 1 heterocycles. The number of aryl methyl sites for hydroxylation is 1. The van der Waals surface area contributed by atoms with E-state index in [1.54, 1.807) is 13.8 Å². The first-order valence-electron chi connectivity index (χ1n) is 5.28. The number of carbonyl (C=O) groups is 2. The molecule has 1 rings (SSSR count). The van der Waals surface area contributed by atoms with E-state index in [2.05, 4.69) is 15.0 Å². The standard InChI is InChI=1S/C10H15N3O3S/c1-4-11-10(15)12-8-7(6(3)13-17-8)9(14)16-5-2/h4-5H2,1-3H3,(H2,11,12,15). The van der Waals surface area contributed by atoms with Crippen LogP contribution in [-0.2, 0) is 4.74 Å². The van der Waals surface area contributed by atoms with Crippen LogP contribution in [0.1, 0.15) is 29.9 Å². The third-order valence-corrected chi connectivity index (χ3v) is 2.76. The van der Waals surface area contributed by atoms with Gasteiger partial charge in [0, 0.05) is 6.54 Å². The van der Waals surface area contributed by atoms with E-state index in [1.807, 2.05) is 6.92 Å². The number of esters is 1. The minimum Gasteiger partial charge on any atom is -0.462 e. The smallest absolute Gasteiger partial charge is 0.343 e. The van der Waals surface area contributed by atoms with Crippen LogP contribution in [0.5, 0.6) is 0 Å². The second-order valence-electron chi connectivity index (χ2n) is 3.18. The fourth-order valence-corrected chi connectivity index (χ4v) is 1.99. The van der Waals surface area contributed by atoms with Gasteiger partial charge < -0.3 is 10.1 Å². The lowest BCUT2D eigenvalue weighted by Crippen LogP contribution is -2.28. The fraction of sp³-hybridized carbons (Fsp3) is 0.500. The lowest BCUT2D eigenvalue weighted by Gasteiger charge is -2.06. The number of nitrogens with zero attached hydrogens (tertiary/aromatic N) is 1. The molecule has 0 radical (unpaired) electrons. The number of carbonyl (C=O) groups excluding carboxylic acids is 2. The van der Waals surface area contributed by atoms with Gasteiger partial charge in [0.1, 0.15) is 10.6 Å². The van der Waals surface area contributed by atoms with Crippen molar-refractivity contribution >= 4 is 28.5 Å². The molecule has 0 bridgehead atoms. The quantitative estimate of drug-likeness (QED) is 0.805. The van der Waals surface area contributed by atoms with Gasteiger partial charge in [-0.15, -0.1) is 0 Å². The molecular weight excluding hydrogens is 242 g/mol. The van der Waals surface area contributed by atoms with E-state index in [0.717, 1.165) is 11.5 Å². The summed E-state index contributed by atoms with van der Waals surface area (Å²) in [5.74, 6) is -0.467. The molecule has 94 valence electrons. The number of hydrogen-bond donors (Lipinski definition) is 2. The van der Waals surface area contributed by atoms with Crippen molar-refractivity contribution in [2.45, 2.75) is 20.8 Å². The molecule has 7 heteroatoms. The minimum absolute atomic E-state index is 0.286. The molecule has 0 aliphatic rings. The summed E-state index contributed by atoms with van der Waals surface area (Å²) in [6, 6.07) is -0.360. The van der Waals surface area contributed by atoms with Crippen molar-refractivity contribution in [3.63, 3.8) is 0 Å². The van der Waals surface area contributed by atoms with E-state index in [-0.39, 0.29) is 12.6 Å². The molecule has 0 saturated carbocycles. The maximum absolute atomic E-state index is 11.7. The maximum atomic E-state index is 11.7. The van der Waals surface area contributed by atoms with Crippen LogP contribution in [-0.4, -0.2) is 29.5 Å². The molecular formula is C10H15N3O3S. The van der Waals surface area contributed by atoms with Crippen LogP contribution in [0.25, 0.3) is 0 Å². The largest absolute Gasteiger partial charge is 0.462 e. The highest BCUT2D eigenvalue weighted by Gasteiger charge is 2.20. The van der Waals surface area contributed by atoms with E-state index < -0.39 is 5.97 Å². The average Bonchev–Trinajstić information content (AvgIpc) is 2.60. The van der Waals surface area contributed by atoms with Crippen molar-refractivity contribution in [2.75, 3.05) is 18.5 Å². The number of anilines is 1. The van der Waals surface area contributed by atoms with Crippen molar-refractivity contribution in [3.8, 4) is 0 Å². The summed E-state index contributed by atoms with van der Waals surface area (Å²) in [6.45, 7) is 6.03. The predicted octanol–water partition coefficient (Wildman–Crippen LogP) is 1.77. The first kappa shape index (κ1) is 13.4. The molecule has 1 aromatic rings. The Morgan fingerprint density at radius 2 is 2.12 bits per heavy atom. The highest BCUT2D eigenvalue weighted by molar-refractivity contribution is 7.11. The van der Waals surface area contributed by atoms with Crippen LogP contribution < -0.4 is 10.6 Å². The zero-order valence-electron chi connectivity index (χ0n) is 9.99. The van der Waals surface area contributed by atoms with Crippen LogP contribution in [0, 0.1) is 6.92 Å². The highest BCUT2D eigenvalue weighted by atomic mass is 32.1. The highest BCUT2D eigenvalue weighted by Crippen LogP contribution is 2.25. The van der Waals surface area contributed by atoms with E-state index >= 15 is 0 Å². The van der Waals surface area contributed by atoms with Crippen molar-refractivity contribution in [2.24, 2.45) is 0 Å². The molecule has 0 spiro atoms. The molecule has 0 aliphatic carbocycles. The van der Waals surface area contributed by atoms with Gasteiger partial charge in [0.25, 0.3) is 0 Å². The number of urea groups is 1. The van der Waals surface area contributed by atoms with Crippen LogP contribution in [0.4, 0.5) is 9.80 Å². The molecule has 1 aromatic heterocycles. The van der Waals surface area contributed by atoms with Crippen molar-refractivity contribution in [1.29, 1.82) is 0 Å². The van der Waals surface area contributed by atoms with Crippen LogP contribution in [0.3, 0.4) is 0 Å². The molecule has 2 amide bonds. The van der Waals surface area contributed by atoms with Gasteiger partial charge >= 0.3 is 12.0 Å². The summed E-state index contributed by atoms with van der Waals surface area (Å²) in [7, 11) is 0.